The van der Waals surface area contributed by atoms with E-state index in [0.717, 1.165) is 28.1 Å². The van der Waals surface area contributed by atoms with Crippen molar-refractivity contribution in [2.45, 2.75) is 13.8 Å². The quantitative estimate of drug-likeness (QED) is 0.274. The Bertz CT molecular complexity index is 1180. The molecule has 0 N–H and O–H groups in total. The van der Waals surface area contributed by atoms with Gasteiger partial charge in [0.1, 0.15) is 5.84 Å². The number of aryl methyl sites for hydroxylation is 2. The van der Waals surface area contributed by atoms with Crippen LogP contribution in [-0.4, -0.2) is 11.7 Å². The minimum Gasteiger partial charge on any atom is -0.268 e. The molecule has 3 heteroatoms. The van der Waals surface area contributed by atoms with Crippen LogP contribution >= 0.6 is 0 Å². The number of aliphatic imine (C=N–C) groups is 1. The van der Waals surface area contributed by atoms with Crippen molar-refractivity contribution in [3.63, 3.8) is 0 Å². The molecule has 0 aliphatic carbocycles. The van der Waals surface area contributed by atoms with Crippen molar-refractivity contribution in [1.29, 1.82) is 0 Å². The van der Waals surface area contributed by atoms with Gasteiger partial charge in [-0.15, -0.1) is 0 Å². The molecule has 0 unspecified atom stereocenters. The summed E-state index contributed by atoms with van der Waals surface area (Å²) < 4.78 is 0. The van der Waals surface area contributed by atoms with Gasteiger partial charge in [0.2, 0.25) is 0 Å². The lowest BCUT2D eigenvalue weighted by Gasteiger charge is -2.25. The van der Waals surface area contributed by atoms with Crippen molar-refractivity contribution in [2.24, 2.45) is 4.99 Å². The van der Waals surface area contributed by atoms with Crippen molar-refractivity contribution in [1.82, 2.24) is 0 Å². The molecule has 0 radical (unpaired) electrons. The SMILES string of the molecule is Cc1ccc(N=C(c2ccccc2)N(C(=O)c2ccccc2)c2ccc(C)cc2)cc1. The van der Waals surface area contributed by atoms with Crippen LogP contribution in [0.2, 0.25) is 0 Å². The average molecular weight is 405 g/mol. The second-order valence-electron chi connectivity index (χ2n) is 7.48. The van der Waals surface area contributed by atoms with Crippen LogP contribution in [0.25, 0.3) is 0 Å². The van der Waals surface area contributed by atoms with E-state index in [2.05, 4.69) is 0 Å². The van der Waals surface area contributed by atoms with Gasteiger partial charge in [-0.1, -0.05) is 83.9 Å². The molecule has 0 aromatic heterocycles. The van der Waals surface area contributed by atoms with E-state index in [1.807, 2.05) is 123 Å². The Balaban J connectivity index is 1.92. The van der Waals surface area contributed by atoms with Crippen molar-refractivity contribution in [3.8, 4) is 0 Å². The van der Waals surface area contributed by atoms with Crippen LogP contribution in [0.1, 0.15) is 27.0 Å². The first-order valence-electron chi connectivity index (χ1n) is 10.3. The number of carbonyl (C=O) groups excluding carboxylic acids is 1. The number of nitrogens with zero attached hydrogens (tertiary/aromatic N) is 2. The molecule has 0 aliphatic rings. The molecule has 0 heterocycles. The maximum Gasteiger partial charge on any atom is 0.264 e. The normalized spacial score (nSPS) is 11.2. The van der Waals surface area contributed by atoms with Crippen LogP contribution in [0, 0.1) is 13.8 Å². The van der Waals surface area contributed by atoms with E-state index in [1.165, 1.54) is 0 Å². The molecule has 4 rings (SSSR count). The van der Waals surface area contributed by atoms with Crippen LogP contribution in [0.3, 0.4) is 0 Å². The Morgan fingerprint density at radius 3 is 1.65 bits per heavy atom. The van der Waals surface area contributed by atoms with Crippen LogP contribution in [0.4, 0.5) is 11.4 Å². The van der Waals surface area contributed by atoms with Gasteiger partial charge in [0.15, 0.2) is 0 Å². The molecule has 0 saturated heterocycles. The van der Waals surface area contributed by atoms with Gasteiger partial charge in [-0.05, 0) is 50.2 Å². The van der Waals surface area contributed by atoms with Gasteiger partial charge >= 0.3 is 0 Å². The van der Waals surface area contributed by atoms with E-state index in [0.29, 0.717) is 11.4 Å². The Hall–Kier alpha value is -3.98. The zero-order valence-corrected chi connectivity index (χ0v) is 17.7. The van der Waals surface area contributed by atoms with Crippen molar-refractivity contribution >= 4 is 23.1 Å². The molecule has 4 aromatic carbocycles. The first-order valence-corrected chi connectivity index (χ1v) is 10.3. The maximum atomic E-state index is 13.7. The third-order valence-electron chi connectivity index (χ3n) is 5.03. The number of anilines is 1. The summed E-state index contributed by atoms with van der Waals surface area (Å²) in [6.45, 7) is 4.08. The van der Waals surface area contributed by atoms with Gasteiger partial charge in [0.05, 0.1) is 11.4 Å². The highest BCUT2D eigenvalue weighted by Gasteiger charge is 2.24. The topological polar surface area (TPSA) is 32.7 Å². The lowest BCUT2D eigenvalue weighted by molar-refractivity contribution is 0.100. The smallest absolute Gasteiger partial charge is 0.264 e. The largest absolute Gasteiger partial charge is 0.268 e. The number of carbonyl (C=O) groups is 1. The third-order valence-corrected chi connectivity index (χ3v) is 5.03. The summed E-state index contributed by atoms with van der Waals surface area (Å²) in [6, 6.07) is 35.1. The second kappa shape index (κ2) is 9.23. The van der Waals surface area contributed by atoms with Crippen molar-refractivity contribution in [2.75, 3.05) is 4.90 Å². The molecule has 3 nitrogen and oxygen atoms in total. The highest BCUT2D eigenvalue weighted by atomic mass is 16.2. The van der Waals surface area contributed by atoms with Crippen molar-refractivity contribution in [3.05, 3.63) is 131 Å². The van der Waals surface area contributed by atoms with Gasteiger partial charge in [-0.25, -0.2) is 4.99 Å². The summed E-state index contributed by atoms with van der Waals surface area (Å²) >= 11 is 0. The maximum absolute atomic E-state index is 13.7. The predicted octanol–water partition coefficient (Wildman–Crippen LogP) is 6.73. The molecule has 0 aliphatic heterocycles. The molecule has 0 spiro atoms. The lowest BCUT2D eigenvalue weighted by atomic mass is 10.1. The summed E-state index contributed by atoms with van der Waals surface area (Å²) in [6.07, 6.45) is 0. The number of hydrogen-bond acceptors (Lipinski definition) is 2. The standard InChI is InChI=1S/C28H24N2O/c1-21-13-17-25(18-14-21)29-27(23-9-5-3-6-10-23)30(26-19-15-22(2)16-20-26)28(31)24-11-7-4-8-12-24/h3-20H,1-2H3. The van der Waals surface area contributed by atoms with Crippen LogP contribution in [0.15, 0.2) is 114 Å². The second-order valence-corrected chi connectivity index (χ2v) is 7.48. The fourth-order valence-corrected chi connectivity index (χ4v) is 3.31. The van der Waals surface area contributed by atoms with E-state index in [-0.39, 0.29) is 5.91 Å². The summed E-state index contributed by atoms with van der Waals surface area (Å²) in [5, 5.41) is 0. The van der Waals surface area contributed by atoms with E-state index in [1.54, 1.807) is 4.90 Å². The highest BCUT2D eigenvalue weighted by molar-refractivity contribution is 6.28. The Morgan fingerprint density at radius 2 is 1.10 bits per heavy atom. The molecule has 0 atom stereocenters. The lowest BCUT2D eigenvalue weighted by Crippen LogP contribution is -2.37. The van der Waals surface area contributed by atoms with Gasteiger partial charge < -0.3 is 0 Å². The minimum absolute atomic E-state index is 0.126. The molecule has 4 aromatic rings. The molecular formula is C28H24N2O. The molecule has 152 valence electrons. The van der Waals surface area contributed by atoms with Crippen LogP contribution in [-0.2, 0) is 0 Å². The van der Waals surface area contributed by atoms with E-state index >= 15 is 0 Å². The fraction of sp³-hybridized carbons (Fsp3) is 0.0714. The first-order chi connectivity index (χ1) is 15.1. The Morgan fingerprint density at radius 1 is 0.613 bits per heavy atom. The number of amidine groups is 1. The summed E-state index contributed by atoms with van der Waals surface area (Å²) in [5.41, 5.74) is 5.34. The van der Waals surface area contributed by atoms with Gasteiger partial charge in [-0.2, -0.15) is 0 Å². The zero-order valence-electron chi connectivity index (χ0n) is 17.7. The zero-order chi connectivity index (χ0) is 21.6. The number of benzene rings is 4. The van der Waals surface area contributed by atoms with E-state index < -0.39 is 0 Å². The van der Waals surface area contributed by atoms with Gasteiger partial charge in [-0.3, -0.25) is 9.69 Å². The number of hydrogen-bond donors (Lipinski definition) is 0. The molecular weight excluding hydrogens is 380 g/mol. The van der Waals surface area contributed by atoms with Gasteiger partial charge in [0.25, 0.3) is 5.91 Å². The Kier molecular flexibility index (Phi) is 6.04. The minimum atomic E-state index is -0.126. The first kappa shape index (κ1) is 20.3. The number of amides is 1. The molecule has 31 heavy (non-hydrogen) atoms. The van der Waals surface area contributed by atoms with Gasteiger partial charge in [0, 0.05) is 11.1 Å². The molecule has 1 amide bonds. The fourth-order valence-electron chi connectivity index (χ4n) is 3.31. The summed E-state index contributed by atoms with van der Waals surface area (Å²) in [4.78, 5) is 20.4. The molecule has 0 bridgehead atoms. The van der Waals surface area contributed by atoms with E-state index in [9.17, 15) is 4.79 Å². The molecule has 0 fully saturated rings. The van der Waals surface area contributed by atoms with Crippen LogP contribution < -0.4 is 4.90 Å². The van der Waals surface area contributed by atoms with E-state index in [4.69, 9.17) is 4.99 Å². The monoisotopic (exact) mass is 404 g/mol. The summed E-state index contributed by atoms with van der Waals surface area (Å²) in [7, 11) is 0. The van der Waals surface area contributed by atoms with Crippen molar-refractivity contribution < 1.29 is 4.79 Å². The number of rotatable bonds is 4. The highest BCUT2D eigenvalue weighted by Crippen LogP contribution is 2.24. The predicted molar refractivity (Wildman–Crippen MR) is 128 cm³/mol. The average Bonchev–Trinajstić information content (AvgIpc) is 2.82. The molecule has 0 saturated carbocycles. The third kappa shape index (κ3) is 4.78. The Labute approximate surface area is 183 Å². The summed E-state index contributed by atoms with van der Waals surface area (Å²) in [5.74, 6) is 0.460. The van der Waals surface area contributed by atoms with Crippen LogP contribution in [0.5, 0.6) is 0 Å².